The molecule has 2 nitrogen and oxygen atoms in total. The maximum absolute atomic E-state index is 9.87. The van der Waals surface area contributed by atoms with Crippen molar-refractivity contribution in [3.8, 4) is 0 Å². The van der Waals surface area contributed by atoms with E-state index in [2.05, 4.69) is 17.4 Å². The second kappa shape index (κ2) is 7.85. The molecule has 0 aliphatic carbocycles. The summed E-state index contributed by atoms with van der Waals surface area (Å²) in [5.74, 6) is 1.69. The normalized spacial score (nSPS) is 13.9. The molecular weight excluding hydrogens is 302 g/mol. The van der Waals surface area contributed by atoms with E-state index in [-0.39, 0.29) is 6.61 Å². The highest BCUT2D eigenvalue weighted by atomic mass is 35.5. The van der Waals surface area contributed by atoms with E-state index in [1.54, 1.807) is 11.8 Å². The summed E-state index contributed by atoms with van der Waals surface area (Å²) < 4.78 is 0. The van der Waals surface area contributed by atoms with Crippen molar-refractivity contribution in [3.05, 3.63) is 70.7 Å². The van der Waals surface area contributed by atoms with Crippen molar-refractivity contribution < 1.29 is 5.11 Å². The van der Waals surface area contributed by atoms with Gasteiger partial charge in [-0.25, -0.2) is 0 Å². The fourth-order valence-electron chi connectivity index (χ4n) is 2.20. The number of rotatable bonds is 7. The van der Waals surface area contributed by atoms with Crippen LogP contribution in [0.3, 0.4) is 0 Å². The van der Waals surface area contributed by atoms with Crippen LogP contribution < -0.4 is 5.32 Å². The van der Waals surface area contributed by atoms with Crippen molar-refractivity contribution in [1.82, 2.24) is 5.32 Å². The zero-order chi connectivity index (χ0) is 15.1. The molecular formula is C17H20ClNOS. The maximum Gasteiger partial charge on any atom is 0.0758 e. The van der Waals surface area contributed by atoms with Crippen LogP contribution in [0.2, 0.25) is 5.02 Å². The number of benzene rings is 2. The molecule has 0 saturated carbocycles. The van der Waals surface area contributed by atoms with Gasteiger partial charge in [-0.05, 0) is 30.3 Å². The van der Waals surface area contributed by atoms with Crippen molar-refractivity contribution in [2.75, 3.05) is 19.4 Å². The van der Waals surface area contributed by atoms with E-state index >= 15 is 0 Å². The molecule has 0 aromatic heterocycles. The zero-order valence-corrected chi connectivity index (χ0v) is 13.6. The Bertz CT molecular complexity index is 540. The lowest BCUT2D eigenvalue weighted by Gasteiger charge is -2.32. The first-order valence-electron chi connectivity index (χ1n) is 6.88. The number of hydrogen-bond acceptors (Lipinski definition) is 3. The third kappa shape index (κ3) is 4.24. The summed E-state index contributed by atoms with van der Waals surface area (Å²) in [6.45, 7) is 0.0706. The first-order chi connectivity index (χ1) is 10.2. The van der Waals surface area contributed by atoms with Crippen molar-refractivity contribution in [2.45, 2.75) is 11.3 Å². The zero-order valence-electron chi connectivity index (χ0n) is 12.1. The Hall–Kier alpha value is -1.00. The minimum Gasteiger partial charge on any atom is -0.394 e. The molecule has 0 fully saturated rings. The number of halogens is 1. The van der Waals surface area contributed by atoms with Gasteiger partial charge in [-0.2, -0.15) is 11.8 Å². The van der Waals surface area contributed by atoms with E-state index in [1.807, 2.05) is 49.5 Å². The molecule has 2 N–H and O–H groups in total. The first kappa shape index (κ1) is 16.4. The summed E-state index contributed by atoms with van der Waals surface area (Å²) in [5.41, 5.74) is 1.94. The van der Waals surface area contributed by atoms with Gasteiger partial charge in [0.05, 0.1) is 12.1 Å². The predicted octanol–water partition coefficient (Wildman–Crippen LogP) is 3.68. The molecule has 0 aliphatic rings. The van der Waals surface area contributed by atoms with Crippen molar-refractivity contribution in [2.24, 2.45) is 0 Å². The van der Waals surface area contributed by atoms with Crippen LogP contribution in [0.15, 0.2) is 54.6 Å². The van der Waals surface area contributed by atoms with E-state index in [0.717, 1.165) is 22.1 Å². The number of nitrogens with one attached hydrogen (secondary N) is 1. The van der Waals surface area contributed by atoms with Gasteiger partial charge in [0.2, 0.25) is 0 Å². The highest BCUT2D eigenvalue weighted by molar-refractivity contribution is 7.98. The van der Waals surface area contributed by atoms with Crippen LogP contribution in [0.5, 0.6) is 0 Å². The van der Waals surface area contributed by atoms with Crippen LogP contribution in [-0.4, -0.2) is 24.5 Å². The van der Waals surface area contributed by atoms with E-state index in [9.17, 15) is 5.11 Å². The summed E-state index contributed by atoms with van der Waals surface area (Å²) in [6, 6.07) is 18.0. The number of aliphatic hydroxyl groups is 1. The Labute approximate surface area is 135 Å². The third-order valence-electron chi connectivity index (χ3n) is 3.61. The number of likely N-dealkylation sites (N-methyl/N-ethyl adjacent to an activating group) is 1. The van der Waals surface area contributed by atoms with Crippen LogP contribution in [0, 0.1) is 0 Å². The first-order valence-corrected chi connectivity index (χ1v) is 8.41. The molecule has 2 aromatic rings. The molecule has 2 rings (SSSR count). The monoisotopic (exact) mass is 321 g/mol. The van der Waals surface area contributed by atoms with Crippen LogP contribution >= 0.6 is 23.4 Å². The van der Waals surface area contributed by atoms with Crippen LogP contribution in [0.4, 0.5) is 0 Å². The SMILES string of the molecule is CNC(CO)(CSCc1ccc(Cl)cc1)c1ccccc1. The lowest BCUT2D eigenvalue weighted by atomic mass is 9.93. The Balaban J connectivity index is 2.02. The average molecular weight is 322 g/mol. The summed E-state index contributed by atoms with van der Waals surface area (Å²) >= 11 is 7.69. The Morgan fingerprint density at radius 3 is 2.33 bits per heavy atom. The molecule has 0 bridgehead atoms. The number of aliphatic hydroxyl groups excluding tert-OH is 1. The summed E-state index contributed by atoms with van der Waals surface area (Å²) in [6.07, 6.45) is 0. The second-order valence-corrected chi connectivity index (χ2v) is 6.40. The van der Waals surface area contributed by atoms with Gasteiger partial charge >= 0.3 is 0 Å². The maximum atomic E-state index is 9.87. The van der Waals surface area contributed by atoms with Gasteiger partial charge in [0, 0.05) is 16.5 Å². The second-order valence-electron chi connectivity index (χ2n) is 4.98. The summed E-state index contributed by atoms with van der Waals surface area (Å²) in [5, 5.41) is 13.9. The minimum absolute atomic E-state index is 0.0706. The molecule has 0 saturated heterocycles. The molecule has 2 aromatic carbocycles. The number of hydrogen-bond donors (Lipinski definition) is 2. The molecule has 4 heteroatoms. The van der Waals surface area contributed by atoms with Crippen molar-refractivity contribution in [3.63, 3.8) is 0 Å². The molecule has 0 spiro atoms. The summed E-state index contributed by atoms with van der Waals surface area (Å²) in [7, 11) is 1.89. The van der Waals surface area contributed by atoms with E-state index < -0.39 is 5.54 Å². The average Bonchev–Trinajstić information content (AvgIpc) is 2.55. The lowest BCUT2D eigenvalue weighted by molar-refractivity contribution is 0.187. The summed E-state index contributed by atoms with van der Waals surface area (Å²) in [4.78, 5) is 0. The van der Waals surface area contributed by atoms with Gasteiger partial charge < -0.3 is 10.4 Å². The topological polar surface area (TPSA) is 32.3 Å². The van der Waals surface area contributed by atoms with Crippen molar-refractivity contribution in [1.29, 1.82) is 0 Å². The Morgan fingerprint density at radius 1 is 1.10 bits per heavy atom. The van der Waals surface area contributed by atoms with Gasteiger partial charge in [-0.15, -0.1) is 0 Å². The molecule has 1 unspecified atom stereocenters. The standard InChI is InChI=1S/C17H20ClNOS/c1-19-17(12-20,15-5-3-2-4-6-15)13-21-11-14-7-9-16(18)10-8-14/h2-10,19-20H,11-13H2,1H3. The smallest absolute Gasteiger partial charge is 0.0758 e. The molecule has 0 heterocycles. The van der Waals surface area contributed by atoms with Gasteiger partial charge in [0.15, 0.2) is 0 Å². The fraction of sp³-hybridized carbons (Fsp3) is 0.294. The number of thioether (sulfide) groups is 1. The van der Waals surface area contributed by atoms with E-state index in [1.165, 1.54) is 5.56 Å². The Morgan fingerprint density at radius 2 is 1.76 bits per heavy atom. The van der Waals surface area contributed by atoms with E-state index in [4.69, 9.17) is 11.6 Å². The molecule has 0 amide bonds. The van der Waals surface area contributed by atoms with Crippen LogP contribution in [-0.2, 0) is 11.3 Å². The predicted molar refractivity (Wildman–Crippen MR) is 91.9 cm³/mol. The molecule has 1 atom stereocenters. The molecule has 0 aliphatic heterocycles. The van der Waals surface area contributed by atoms with Crippen LogP contribution in [0.1, 0.15) is 11.1 Å². The van der Waals surface area contributed by atoms with Gasteiger partial charge in [0.25, 0.3) is 0 Å². The lowest BCUT2D eigenvalue weighted by Crippen LogP contribution is -2.45. The Kier molecular flexibility index (Phi) is 6.12. The van der Waals surface area contributed by atoms with Gasteiger partial charge in [-0.3, -0.25) is 0 Å². The van der Waals surface area contributed by atoms with Gasteiger partial charge in [-0.1, -0.05) is 54.1 Å². The molecule has 21 heavy (non-hydrogen) atoms. The van der Waals surface area contributed by atoms with Crippen LogP contribution in [0.25, 0.3) is 0 Å². The minimum atomic E-state index is -0.404. The molecule has 112 valence electrons. The van der Waals surface area contributed by atoms with Gasteiger partial charge in [0.1, 0.15) is 0 Å². The highest BCUT2D eigenvalue weighted by Crippen LogP contribution is 2.27. The third-order valence-corrected chi connectivity index (χ3v) is 5.09. The molecule has 0 radical (unpaired) electrons. The highest BCUT2D eigenvalue weighted by Gasteiger charge is 2.29. The van der Waals surface area contributed by atoms with E-state index in [0.29, 0.717) is 0 Å². The largest absolute Gasteiger partial charge is 0.394 e. The van der Waals surface area contributed by atoms with Crippen molar-refractivity contribution >= 4 is 23.4 Å². The quantitative estimate of drug-likeness (QED) is 0.816. The fourth-order valence-corrected chi connectivity index (χ4v) is 3.60.